The number of phenolic OH excluding ortho intramolecular Hbond substituents is 1. The van der Waals surface area contributed by atoms with Crippen molar-refractivity contribution >= 4 is 35.1 Å². The van der Waals surface area contributed by atoms with Crippen molar-refractivity contribution < 1.29 is 9.90 Å². The summed E-state index contributed by atoms with van der Waals surface area (Å²) in [7, 11) is 0. The Labute approximate surface area is 203 Å². The average molecular weight is 470 g/mol. The number of hydrogen-bond donors (Lipinski definition) is 5. The Morgan fingerprint density at radius 1 is 0.657 bits per heavy atom. The van der Waals surface area contributed by atoms with Gasteiger partial charge in [-0.25, -0.2) is 0 Å². The van der Waals surface area contributed by atoms with E-state index in [1.54, 1.807) is 36.4 Å². The molecule has 4 aromatic rings. The van der Waals surface area contributed by atoms with Crippen molar-refractivity contribution in [3.8, 4) is 5.75 Å². The summed E-state index contributed by atoms with van der Waals surface area (Å²) in [6, 6.07) is 25.4. The number of phenols is 1. The van der Waals surface area contributed by atoms with Crippen molar-refractivity contribution in [3.05, 3.63) is 90.5 Å². The van der Waals surface area contributed by atoms with Crippen LogP contribution < -0.4 is 21.3 Å². The minimum absolute atomic E-state index is 0.0717. The Kier molecular flexibility index (Phi) is 8.05. The molecule has 1 amide bonds. The third-order valence-corrected chi connectivity index (χ3v) is 5.00. The molecular weight excluding hydrogens is 442 g/mol. The molecule has 4 rings (SSSR count). The van der Waals surface area contributed by atoms with E-state index in [1.807, 2.05) is 48.5 Å². The number of para-hydroxylation sites is 1. The first kappa shape index (κ1) is 23.5. The third kappa shape index (κ3) is 7.43. The van der Waals surface area contributed by atoms with E-state index in [1.165, 1.54) is 0 Å². The van der Waals surface area contributed by atoms with Gasteiger partial charge in [0.15, 0.2) is 0 Å². The van der Waals surface area contributed by atoms with Crippen LogP contribution in [0.4, 0.5) is 29.2 Å². The molecule has 0 aliphatic rings. The molecule has 35 heavy (non-hydrogen) atoms. The lowest BCUT2D eigenvalue weighted by Gasteiger charge is -2.12. The molecule has 0 unspecified atom stereocenters. The van der Waals surface area contributed by atoms with E-state index >= 15 is 0 Å². The number of unbranched alkanes of at least 4 members (excludes halogenated alkanes) is 1. The fourth-order valence-corrected chi connectivity index (χ4v) is 3.23. The topological polar surface area (TPSA) is 124 Å². The molecule has 0 fully saturated rings. The smallest absolute Gasteiger partial charge is 0.251 e. The van der Waals surface area contributed by atoms with Crippen LogP contribution in [0.25, 0.3) is 0 Å². The second kappa shape index (κ2) is 12.0. The van der Waals surface area contributed by atoms with Crippen molar-refractivity contribution in [1.29, 1.82) is 0 Å². The number of carbonyl (C=O) groups excluding carboxylic acids is 1. The van der Waals surface area contributed by atoms with Crippen molar-refractivity contribution in [2.75, 3.05) is 29.0 Å². The third-order valence-electron chi connectivity index (χ3n) is 5.00. The van der Waals surface area contributed by atoms with Gasteiger partial charge in [0.1, 0.15) is 5.75 Å². The monoisotopic (exact) mass is 469 g/mol. The number of benzene rings is 3. The minimum atomic E-state index is -0.0717. The van der Waals surface area contributed by atoms with Crippen LogP contribution in [-0.4, -0.2) is 39.1 Å². The fourth-order valence-electron chi connectivity index (χ4n) is 3.23. The molecule has 5 N–H and O–H groups in total. The number of hydrogen-bond acceptors (Lipinski definition) is 8. The maximum Gasteiger partial charge on any atom is 0.251 e. The van der Waals surface area contributed by atoms with Crippen LogP contribution in [0.15, 0.2) is 84.9 Å². The van der Waals surface area contributed by atoms with E-state index in [2.05, 4.69) is 36.2 Å². The Balaban J connectivity index is 1.34. The standard InChI is InChI=1S/C26H27N7O2/c34-22-15-13-21(14-16-22)30-26-32-24(31-25(33-26)29-20-11-5-2-6-12-20)28-18-8-7-17-27-23(35)19-9-3-1-4-10-19/h1-6,9-16,34H,7-8,17-18H2,(H,27,35)(H3,28,29,30,31,32,33). The number of rotatable bonds is 11. The van der Waals surface area contributed by atoms with Gasteiger partial charge in [0, 0.05) is 30.0 Å². The Morgan fingerprint density at radius 3 is 1.86 bits per heavy atom. The molecule has 1 heterocycles. The first-order valence-electron chi connectivity index (χ1n) is 11.4. The summed E-state index contributed by atoms with van der Waals surface area (Å²) in [5.41, 5.74) is 2.25. The summed E-state index contributed by atoms with van der Waals surface area (Å²) in [4.78, 5) is 25.5. The lowest BCUT2D eigenvalue weighted by molar-refractivity contribution is 0.0953. The molecule has 9 heteroatoms. The predicted molar refractivity (Wildman–Crippen MR) is 137 cm³/mol. The molecule has 0 saturated carbocycles. The zero-order valence-electron chi connectivity index (χ0n) is 19.1. The summed E-state index contributed by atoms with van der Waals surface area (Å²) >= 11 is 0. The summed E-state index contributed by atoms with van der Waals surface area (Å²) in [5.74, 6) is 1.29. The van der Waals surface area contributed by atoms with E-state index in [0.717, 1.165) is 24.2 Å². The molecule has 0 atom stereocenters. The van der Waals surface area contributed by atoms with Gasteiger partial charge in [-0.1, -0.05) is 36.4 Å². The Hall–Kier alpha value is -4.66. The van der Waals surface area contributed by atoms with E-state index in [9.17, 15) is 9.90 Å². The van der Waals surface area contributed by atoms with Gasteiger partial charge < -0.3 is 26.4 Å². The van der Waals surface area contributed by atoms with Crippen molar-refractivity contribution in [2.45, 2.75) is 12.8 Å². The molecule has 0 bridgehead atoms. The predicted octanol–water partition coefficient (Wildman–Crippen LogP) is 4.69. The van der Waals surface area contributed by atoms with Gasteiger partial charge in [-0.05, 0) is 61.4 Å². The molecular formula is C26H27N7O2. The van der Waals surface area contributed by atoms with Crippen LogP contribution in [-0.2, 0) is 0 Å². The van der Waals surface area contributed by atoms with Crippen molar-refractivity contribution in [2.24, 2.45) is 0 Å². The summed E-state index contributed by atoms with van der Waals surface area (Å²) in [6.45, 7) is 1.22. The Morgan fingerprint density at radius 2 is 1.20 bits per heavy atom. The van der Waals surface area contributed by atoms with Crippen LogP contribution in [0.1, 0.15) is 23.2 Å². The van der Waals surface area contributed by atoms with Gasteiger partial charge in [-0.15, -0.1) is 0 Å². The zero-order valence-corrected chi connectivity index (χ0v) is 19.1. The summed E-state index contributed by atoms with van der Waals surface area (Å²) in [5, 5.41) is 22.0. The first-order chi connectivity index (χ1) is 17.2. The molecule has 1 aromatic heterocycles. The maximum absolute atomic E-state index is 12.1. The molecule has 0 saturated heterocycles. The second-order valence-electron chi connectivity index (χ2n) is 7.72. The van der Waals surface area contributed by atoms with Crippen molar-refractivity contribution in [3.63, 3.8) is 0 Å². The number of nitrogens with one attached hydrogen (secondary N) is 4. The largest absolute Gasteiger partial charge is 0.508 e. The van der Waals surface area contributed by atoms with Gasteiger partial charge in [0.05, 0.1) is 0 Å². The first-order valence-corrected chi connectivity index (χ1v) is 11.4. The lowest BCUT2D eigenvalue weighted by Crippen LogP contribution is -2.24. The molecule has 0 aliphatic heterocycles. The van der Waals surface area contributed by atoms with E-state index in [4.69, 9.17) is 0 Å². The van der Waals surface area contributed by atoms with Gasteiger partial charge in [0.25, 0.3) is 5.91 Å². The highest BCUT2D eigenvalue weighted by Gasteiger charge is 2.08. The van der Waals surface area contributed by atoms with E-state index < -0.39 is 0 Å². The zero-order chi connectivity index (χ0) is 24.3. The summed E-state index contributed by atoms with van der Waals surface area (Å²) in [6.07, 6.45) is 1.63. The molecule has 0 aliphatic carbocycles. The van der Waals surface area contributed by atoms with Crippen LogP contribution in [0.5, 0.6) is 5.75 Å². The number of amides is 1. The maximum atomic E-state index is 12.1. The van der Waals surface area contributed by atoms with E-state index in [-0.39, 0.29) is 11.7 Å². The summed E-state index contributed by atoms with van der Waals surface area (Å²) < 4.78 is 0. The van der Waals surface area contributed by atoms with Crippen LogP contribution in [0.3, 0.4) is 0 Å². The SMILES string of the molecule is O=C(NCCCCNc1nc(Nc2ccccc2)nc(Nc2ccc(O)cc2)n1)c1ccccc1. The number of nitrogens with zero attached hydrogens (tertiary/aromatic N) is 3. The molecule has 0 radical (unpaired) electrons. The van der Waals surface area contributed by atoms with Gasteiger partial charge in [0.2, 0.25) is 17.8 Å². The average Bonchev–Trinajstić information content (AvgIpc) is 2.88. The molecule has 0 spiro atoms. The van der Waals surface area contributed by atoms with Crippen LogP contribution >= 0.6 is 0 Å². The number of aromatic nitrogens is 3. The number of anilines is 5. The van der Waals surface area contributed by atoms with Gasteiger partial charge in [-0.2, -0.15) is 15.0 Å². The second-order valence-corrected chi connectivity index (χ2v) is 7.72. The molecule has 178 valence electrons. The minimum Gasteiger partial charge on any atom is -0.508 e. The van der Waals surface area contributed by atoms with Crippen LogP contribution in [0, 0.1) is 0 Å². The van der Waals surface area contributed by atoms with Gasteiger partial charge in [-0.3, -0.25) is 4.79 Å². The quantitative estimate of drug-likeness (QED) is 0.158. The van der Waals surface area contributed by atoms with Gasteiger partial charge >= 0.3 is 0 Å². The number of carbonyl (C=O) groups is 1. The Bertz CT molecular complexity index is 1220. The van der Waals surface area contributed by atoms with Crippen molar-refractivity contribution in [1.82, 2.24) is 20.3 Å². The van der Waals surface area contributed by atoms with E-state index in [0.29, 0.717) is 36.5 Å². The number of aromatic hydroxyl groups is 1. The molecule has 9 nitrogen and oxygen atoms in total. The highest BCUT2D eigenvalue weighted by molar-refractivity contribution is 5.94. The highest BCUT2D eigenvalue weighted by atomic mass is 16.3. The normalized spacial score (nSPS) is 10.4. The lowest BCUT2D eigenvalue weighted by atomic mass is 10.2. The fraction of sp³-hybridized carbons (Fsp3) is 0.154. The highest BCUT2D eigenvalue weighted by Crippen LogP contribution is 2.20. The van der Waals surface area contributed by atoms with Crippen LogP contribution in [0.2, 0.25) is 0 Å². The molecule has 3 aromatic carbocycles.